The number of hydrogen-bond donors (Lipinski definition) is 2. The van der Waals surface area contributed by atoms with E-state index in [0.717, 1.165) is 22.2 Å². The lowest BCUT2D eigenvalue weighted by Crippen LogP contribution is -2.30. The average Bonchev–Trinajstić information content (AvgIpc) is 3.21. The van der Waals surface area contributed by atoms with Gasteiger partial charge in [-0.25, -0.2) is 4.79 Å². The highest BCUT2D eigenvalue weighted by Crippen LogP contribution is 2.27. The standard InChI is InChI=1S/C29H30N2O4/c1-29(2,3)22-10-12-24(13-11-22)35-19-27(32)30-16-15-21-18-31(23-7-5-4-6-8-23)26-14-9-20(28(33)34)17-25(21)26/h4-14,17-18H,15-16,19H2,1-3H3,(H,30,32)(H,33,34). The summed E-state index contributed by atoms with van der Waals surface area (Å²) in [4.78, 5) is 23.9. The number of benzene rings is 3. The number of aromatic carboxylic acids is 1. The van der Waals surface area contributed by atoms with Crippen molar-refractivity contribution in [2.75, 3.05) is 13.2 Å². The molecule has 0 bridgehead atoms. The molecule has 0 saturated heterocycles. The third-order valence-electron chi connectivity index (χ3n) is 5.98. The van der Waals surface area contributed by atoms with Crippen molar-refractivity contribution >= 4 is 22.8 Å². The van der Waals surface area contributed by atoms with Gasteiger partial charge >= 0.3 is 5.97 Å². The van der Waals surface area contributed by atoms with Crippen LogP contribution in [0.2, 0.25) is 0 Å². The van der Waals surface area contributed by atoms with Gasteiger partial charge in [0.25, 0.3) is 5.91 Å². The molecule has 0 saturated carbocycles. The van der Waals surface area contributed by atoms with Crippen LogP contribution >= 0.6 is 0 Å². The zero-order valence-electron chi connectivity index (χ0n) is 20.2. The number of carboxylic acid groups (broad SMARTS) is 1. The van der Waals surface area contributed by atoms with E-state index in [1.807, 2.05) is 71.4 Å². The van der Waals surface area contributed by atoms with Crippen LogP contribution in [0.1, 0.15) is 42.3 Å². The number of rotatable bonds is 8. The Hall–Kier alpha value is -4.06. The van der Waals surface area contributed by atoms with Crippen LogP contribution < -0.4 is 10.1 Å². The lowest BCUT2D eigenvalue weighted by molar-refractivity contribution is -0.123. The lowest BCUT2D eigenvalue weighted by atomic mass is 9.87. The molecule has 1 amide bonds. The van der Waals surface area contributed by atoms with E-state index in [1.165, 1.54) is 5.56 Å². The topological polar surface area (TPSA) is 80.6 Å². The zero-order chi connectivity index (χ0) is 25.0. The van der Waals surface area contributed by atoms with Gasteiger partial charge in [0.2, 0.25) is 0 Å². The van der Waals surface area contributed by atoms with E-state index >= 15 is 0 Å². The molecule has 0 aliphatic rings. The molecule has 0 fully saturated rings. The number of nitrogens with zero attached hydrogens (tertiary/aromatic N) is 1. The van der Waals surface area contributed by atoms with E-state index in [1.54, 1.807) is 12.1 Å². The molecule has 0 aliphatic carbocycles. The van der Waals surface area contributed by atoms with Gasteiger partial charge < -0.3 is 19.7 Å². The van der Waals surface area contributed by atoms with Crippen LogP contribution in [0, 0.1) is 0 Å². The number of fused-ring (bicyclic) bond motifs is 1. The first-order valence-electron chi connectivity index (χ1n) is 11.6. The van der Waals surface area contributed by atoms with Crippen molar-refractivity contribution in [3.05, 3.63) is 95.7 Å². The predicted molar refractivity (Wildman–Crippen MR) is 138 cm³/mol. The Balaban J connectivity index is 1.41. The van der Waals surface area contributed by atoms with Crippen molar-refractivity contribution in [3.8, 4) is 11.4 Å². The van der Waals surface area contributed by atoms with E-state index in [4.69, 9.17) is 4.74 Å². The maximum Gasteiger partial charge on any atom is 0.335 e. The molecule has 6 heteroatoms. The molecular formula is C29H30N2O4. The number of nitrogens with one attached hydrogen (secondary N) is 1. The average molecular weight is 471 g/mol. The Morgan fingerprint density at radius 3 is 2.34 bits per heavy atom. The maximum atomic E-state index is 12.3. The van der Waals surface area contributed by atoms with Gasteiger partial charge in [0, 0.05) is 23.8 Å². The molecule has 0 unspecified atom stereocenters. The summed E-state index contributed by atoms with van der Waals surface area (Å²) in [5.74, 6) is -0.519. The van der Waals surface area contributed by atoms with E-state index in [0.29, 0.717) is 18.7 Å². The summed E-state index contributed by atoms with van der Waals surface area (Å²) in [5, 5.41) is 13.2. The highest BCUT2D eigenvalue weighted by molar-refractivity contribution is 5.95. The fourth-order valence-corrected chi connectivity index (χ4v) is 4.02. The van der Waals surface area contributed by atoms with E-state index in [-0.39, 0.29) is 23.5 Å². The van der Waals surface area contributed by atoms with Crippen LogP contribution in [-0.4, -0.2) is 34.7 Å². The smallest absolute Gasteiger partial charge is 0.335 e. The first kappa shape index (κ1) is 24.1. The third-order valence-corrected chi connectivity index (χ3v) is 5.98. The van der Waals surface area contributed by atoms with Crippen LogP contribution in [-0.2, 0) is 16.6 Å². The van der Waals surface area contributed by atoms with Crippen LogP contribution in [0.4, 0.5) is 0 Å². The van der Waals surface area contributed by atoms with E-state index in [2.05, 4.69) is 26.1 Å². The molecule has 4 aromatic rings. The molecule has 0 spiro atoms. The van der Waals surface area contributed by atoms with Gasteiger partial charge in [-0.1, -0.05) is 51.1 Å². The van der Waals surface area contributed by atoms with Crippen molar-refractivity contribution in [1.29, 1.82) is 0 Å². The number of carbonyl (C=O) groups is 2. The second-order valence-electron chi connectivity index (χ2n) is 9.56. The SMILES string of the molecule is CC(C)(C)c1ccc(OCC(=O)NCCc2cn(-c3ccccc3)c3ccc(C(=O)O)cc23)cc1. The summed E-state index contributed by atoms with van der Waals surface area (Å²) in [7, 11) is 0. The Morgan fingerprint density at radius 2 is 1.69 bits per heavy atom. The predicted octanol–water partition coefficient (Wildman–Crippen LogP) is 5.36. The van der Waals surface area contributed by atoms with Gasteiger partial charge in [-0.05, 0) is 65.4 Å². The summed E-state index contributed by atoms with van der Waals surface area (Å²) in [6.07, 6.45) is 2.57. The Labute approximate surface area is 205 Å². The van der Waals surface area contributed by atoms with Crippen molar-refractivity contribution in [2.24, 2.45) is 0 Å². The van der Waals surface area contributed by atoms with Gasteiger partial charge in [0.05, 0.1) is 11.1 Å². The van der Waals surface area contributed by atoms with Gasteiger partial charge in [-0.3, -0.25) is 4.79 Å². The Bertz CT molecular complexity index is 1330. The minimum absolute atomic E-state index is 0.0603. The number of aromatic nitrogens is 1. The number of ether oxygens (including phenoxy) is 1. The molecule has 1 heterocycles. The molecular weight excluding hydrogens is 440 g/mol. The fourth-order valence-electron chi connectivity index (χ4n) is 4.02. The molecule has 0 atom stereocenters. The second kappa shape index (κ2) is 10.1. The molecule has 3 aromatic carbocycles. The number of amides is 1. The summed E-state index contributed by atoms with van der Waals surface area (Å²) in [6.45, 7) is 6.79. The first-order valence-corrected chi connectivity index (χ1v) is 11.6. The molecule has 4 rings (SSSR count). The molecule has 0 aliphatic heterocycles. The first-order chi connectivity index (χ1) is 16.7. The Kier molecular flexibility index (Phi) is 6.92. The van der Waals surface area contributed by atoms with Crippen molar-refractivity contribution in [3.63, 3.8) is 0 Å². The minimum Gasteiger partial charge on any atom is -0.484 e. The van der Waals surface area contributed by atoms with Gasteiger partial charge in [-0.15, -0.1) is 0 Å². The molecule has 35 heavy (non-hydrogen) atoms. The summed E-state index contributed by atoms with van der Waals surface area (Å²) < 4.78 is 7.68. The normalized spacial score (nSPS) is 11.4. The van der Waals surface area contributed by atoms with Crippen LogP contribution in [0.3, 0.4) is 0 Å². The number of hydrogen-bond acceptors (Lipinski definition) is 3. The van der Waals surface area contributed by atoms with Gasteiger partial charge in [0.15, 0.2) is 6.61 Å². The van der Waals surface area contributed by atoms with Gasteiger partial charge in [-0.2, -0.15) is 0 Å². The van der Waals surface area contributed by atoms with Crippen LogP contribution in [0.25, 0.3) is 16.6 Å². The summed E-state index contributed by atoms with van der Waals surface area (Å²) >= 11 is 0. The summed E-state index contributed by atoms with van der Waals surface area (Å²) in [6, 6.07) is 22.8. The molecule has 6 nitrogen and oxygen atoms in total. The molecule has 0 radical (unpaired) electrons. The van der Waals surface area contributed by atoms with Crippen LogP contribution in [0.5, 0.6) is 5.75 Å². The van der Waals surface area contributed by atoms with Crippen LogP contribution in [0.15, 0.2) is 79.0 Å². The zero-order valence-corrected chi connectivity index (χ0v) is 20.2. The monoisotopic (exact) mass is 470 g/mol. The minimum atomic E-state index is -0.966. The molecule has 2 N–H and O–H groups in total. The number of carboxylic acids is 1. The number of carbonyl (C=O) groups excluding carboxylic acids is 1. The van der Waals surface area contributed by atoms with Gasteiger partial charge in [0.1, 0.15) is 5.75 Å². The Morgan fingerprint density at radius 1 is 0.971 bits per heavy atom. The van der Waals surface area contributed by atoms with Crippen molar-refractivity contribution in [2.45, 2.75) is 32.6 Å². The third kappa shape index (κ3) is 5.72. The molecule has 1 aromatic heterocycles. The quantitative estimate of drug-likeness (QED) is 0.363. The number of para-hydroxylation sites is 1. The van der Waals surface area contributed by atoms with Crippen molar-refractivity contribution in [1.82, 2.24) is 9.88 Å². The largest absolute Gasteiger partial charge is 0.484 e. The highest BCUT2D eigenvalue weighted by atomic mass is 16.5. The summed E-state index contributed by atoms with van der Waals surface area (Å²) in [5.41, 5.74) is 4.37. The van der Waals surface area contributed by atoms with E-state index in [9.17, 15) is 14.7 Å². The lowest BCUT2D eigenvalue weighted by Gasteiger charge is -2.19. The van der Waals surface area contributed by atoms with Crippen molar-refractivity contribution < 1.29 is 19.4 Å². The molecule has 180 valence electrons. The second-order valence-corrected chi connectivity index (χ2v) is 9.56. The maximum absolute atomic E-state index is 12.3. The highest BCUT2D eigenvalue weighted by Gasteiger charge is 2.15. The fraction of sp³-hybridized carbons (Fsp3) is 0.241. The van der Waals surface area contributed by atoms with E-state index < -0.39 is 5.97 Å².